The van der Waals surface area contributed by atoms with E-state index in [2.05, 4.69) is 230 Å². The molecule has 1 aliphatic rings. The predicted molar refractivity (Wildman–Crippen MR) is 253 cm³/mol. The van der Waals surface area contributed by atoms with Gasteiger partial charge in [-0.05, 0) is 89.8 Å². The van der Waals surface area contributed by atoms with Gasteiger partial charge in [0.2, 0.25) is 0 Å². The van der Waals surface area contributed by atoms with E-state index in [0.717, 1.165) is 28.1 Å². The Morgan fingerprint density at radius 3 is 1.36 bits per heavy atom. The molecule has 0 N–H and O–H groups in total. The number of fused-ring (bicyclic) bond motifs is 3. The van der Waals surface area contributed by atoms with Crippen LogP contribution < -0.4 is 14.9 Å². The molecule has 0 atom stereocenters. The molecule has 5 heteroatoms. The summed E-state index contributed by atoms with van der Waals surface area (Å²) in [5.74, 6) is 1.73. The van der Waals surface area contributed by atoms with E-state index in [1.54, 1.807) is 0 Å². The van der Waals surface area contributed by atoms with Gasteiger partial charge >= 0.3 is 0 Å². The fourth-order valence-electron chi connectivity index (χ4n) is 7.58. The van der Waals surface area contributed by atoms with Crippen LogP contribution in [0.3, 0.4) is 0 Å². The summed E-state index contributed by atoms with van der Waals surface area (Å²) in [5, 5.41) is 9.92. The van der Waals surface area contributed by atoms with Crippen LogP contribution >= 0.6 is 0 Å². The van der Waals surface area contributed by atoms with Crippen LogP contribution in [0.1, 0.15) is 162 Å². The summed E-state index contributed by atoms with van der Waals surface area (Å²) < 4.78 is 0. The predicted octanol–water partition coefficient (Wildman–Crippen LogP) is 14.9. The van der Waals surface area contributed by atoms with E-state index in [1.807, 2.05) is 0 Å². The SMILES string of the molecule is CC(C)(C)c1ccc2c(c1)[n-]c1cc(C(C)(C)C)ccc12.CC(C)c1cccc(C(C)C)c1N1[CH-]N(c2cc(C(C)(C)C)cc(C(C)(C)C)c2)C(c2ccccc2)=N1.[Au]. The van der Waals surface area contributed by atoms with Crippen LogP contribution in [0, 0.1) is 6.67 Å². The second-order valence-electron chi connectivity index (χ2n) is 21.1. The van der Waals surface area contributed by atoms with Gasteiger partial charge in [-0.1, -0.05) is 202 Å². The molecule has 1 aromatic heterocycles. The van der Waals surface area contributed by atoms with Gasteiger partial charge in [-0.25, -0.2) is 0 Å². The number of anilines is 2. The van der Waals surface area contributed by atoms with Gasteiger partial charge in [0.25, 0.3) is 0 Å². The molecule has 4 nitrogen and oxygen atoms in total. The Hall–Kier alpha value is -4.09. The topological polar surface area (TPSA) is 32.9 Å². The minimum atomic E-state index is 0. The number of para-hydroxylation sites is 1. The van der Waals surface area contributed by atoms with Gasteiger partial charge < -0.3 is 14.9 Å². The molecule has 0 unspecified atom stereocenters. The van der Waals surface area contributed by atoms with Gasteiger partial charge in [-0.2, -0.15) is 5.10 Å². The summed E-state index contributed by atoms with van der Waals surface area (Å²) in [6.07, 6.45) is 0. The van der Waals surface area contributed by atoms with Crippen molar-refractivity contribution in [2.24, 2.45) is 5.10 Å². The first kappa shape index (κ1) is 46.0. The van der Waals surface area contributed by atoms with E-state index in [4.69, 9.17) is 10.1 Å². The molecule has 6 aromatic rings. The number of nitrogens with zero attached hydrogens (tertiary/aromatic N) is 4. The molecule has 0 aliphatic carbocycles. The molecular weight excluding hydrogens is 902 g/mol. The van der Waals surface area contributed by atoms with Crippen LogP contribution in [0.15, 0.2) is 108 Å². The van der Waals surface area contributed by atoms with Crippen molar-refractivity contribution in [1.82, 2.24) is 4.98 Å². The maximum absolute atomic E-state index is 5.28. The second-order valence-corrected chi connectivity index (χ2v) is 21.1. The molecule has 7 rings (SSSR count). The van der Waals surface area contributed by atoms with Crippen LogP contribution in [-0.2, 0) is 44.0 Å². The Labute approximate surface area is 372 Å². The molecule has 0 saturated carbocycles. The Morgan fingerprint density at radius 2 is 0.949 bits per heavy atom. The Morgan fingerprint density at radius 1 is 0.508 bits per heavy atom. The van der Waals surface area contributed by atoms with E-state index >= 15 is 0 Å². The van der Waals surface area contributed by atoms with Crippen LogP contribution in [0.25, 0.3) is 21.8 Å². The molecule has 5 aromatic carbocycles. The van der Waals surface area contributed by atoms with Crippen molar-refractivity contribution in [3.63, 3.8) is 0 Å². The van der Waals surface area contributed by atoms with Crippen molar-refractivity contribution in [2.75, 3.05) is 9.91 Å². The molecule has 0 spiro atoms. The number of amidine groups is 1. The molecule has 59 heavy (non-hydrogen) atoms. The monoisotopic (exact) mass is 970 g/mol. The quantitative estimate of drug-likeness (QED) is 0.127. The maximum Gasteiger partial charge on any atom is 0.129 e. The number of benzene rings is 5. The standard InChI is InChI=1S/C34H44N3.C20H24N.Au/c1-23(2)29-17-14-18-30(24(3)4)31(29)37-22-36(32(35-37)25-15-12-11-13-16-25)28-20-26(33(5,6)7)19-27(21-28)34(8,9)10;1-19(2,3)13-7-9-15-16-10-8-14(20(4,5)6)12-18(16)21-17(15)11-13;/h11-24H,1-10H3;7-12H,1-6H3;/q2*-1;. The molecule has 2 heterocycles. The minimum Gasteiger partial charge on any atom is -0.657 e. The summed E-state index contributed by atoms with van der Waals surface area (Å²) in [7, 11) is 0. The first-order valence-electron chi connectivity index (χ1n) is 21.3. The zero-order valence-electron chi connectivity index (χ0n) is 38.6. The zero-order chi connectivity index (χ0) is 42.5. The fraction of sp³-hybridized carbons (Fsp3) is 0.407. The van der Waals surface area contributed by atoms with Gasteiger partial charge in [-0.15, -0.1) is 17.7 Å². The smallest absolute Gasteiger partial charge is 0.129 e. The second kappa shape index (κ2) is 17.1. The molecule has 0 amide bonds. The van der Waals surface area contributed by atoms with Crippen molar-refractivity contribution >= 4 is 39.0 Å². The molecule has 1 aliphatic heterocycles. The van der Waals surface area contributed by atoms with Crippen molar-refractivity contribution in [3.05, 3.63) is 149 Å². The molecule has 317 valence electrons. The average molecular weight is 970 g/mol. The van der Waals surface area contributed by atoms with E-state index < -0.39 is 0 Å². The Bertz CT molecular complexity index is 2300. The maximum atomic E-state index is 5.28. The molecule has 0 saturated heterocycles. The van der Waals surface area contributed by atoms with Crippen LogP contribution in [-0.4, -0.2) is 5.84 Å². The molecular formula is C54H68AuN4-2. The first-order valence-corrected chi connectivity index (χ1v) is 21.3. The Kier molecular flexibility index (Phi) is 13.3. The van der Waals surface area contributed by atoms with E-state index in [-0.39, 0.29) is 44.0 Å². The van der Waals surface area contributed by atoms with Gasteiger partial charge in [0, 0.05) is 39.3 Å². The number of hydrogen-bond donors (Lipinski definition) is 0. The molecule has 0 fully saturated rings. The number of hydrogen-bond acceptors (Lipinski definition) is 3. The van der Waals surface area contributed by atoms with Crippen LogP contribution in [0.2, 0.25) is 0 Å². The van der Waals surface area contributed by atoms with E-state index in [1.165, 1.54) is 49.8 Å². The van der Waals surface area contributed by atoms with Crippen molar-refractivity contribution < 1.29 is 22.4 Å². The average Bonchev–Trinajstić information content (AvgIpc) is 3.75. The normalized spacial score (nSPS) is 13.9. The molecule has 0 bridgehead atoms. The summed E-state index contributed by atoms with van der Waals surface area (Å²) in [6, 6.07) is 37.7. The summed E-state index contributed by atoms with van der Waals surface area (Å²) in [5.41, 5.74) is 14.1. The fourth-order valence-corrected chi connectivity index (χ4v) is 7.58. The van der Waals surface area contributed by atoms with Crippen LogP contribution in [0.4, 0.5) is 11.4 Å². The number of aromatic nitrogens is 1. The number of rotatable bonds is 5. The molecule has 1 radical (unpaired) electrons. The van der Waals surface area contributed by atoms with Crippen LogP contribution in [0.5, 0.6) is 0 Å². The summed E-state index contributed by atoms with van der Waals surface area (Å²) in [4.78, 5) is 7.14. The third-order valence-corrected chi connectivity index (χ3v) is 11.4. The Balaban J connectivity index is 0.000000254. The van der Waals surface area contributed by atoms with Gasteiger partial charge in [0.15, 0.2) is 0 Å². The summed E-state index contributed by atoms with van der Waals surface area (Å²) >= 11 is 0. The first-order chi connectivity index (χ1) is 26.9. The number of hydrazone groups is 1. The largest absolute Gasteiger partial charge is 0.657 e. The van der Waals surface area contributed by atoms with Crippen molar-refractivity contribution in [3.8, 4) is 0 Å². The van der Waals surface area contributed by atoms with E-state index in [0.29, 0.717) is 11.8 Å². The summed E-state index contributed by atoms with van der Waals surface area (Å²) in [6.45, 7) is 38.5. The third-order valence-electron chi connectivity index (χ3n) is 11.4. The van der Waals surface area contributed by atoms with E-state index in [9.17, 15) is 0 Å². The zero-order valence-corrected chi connectivity index (χ0v) is 40.8. The van der Waals surface area contributed by atoms with Gasteiger partial charge in [0.1, 0.15) is 5.84 Å². The minimum absolute atomic E-state index is 0. The van der Waals surface area contributed by atoms with Gasteiger partial charge in [-0.3, -0.25) is 0 Å². The van der Waals surface area contributed by atoms with Gasteiger partial charge in [0.05, 0.1) is 0 Å². The van der Waals surface area contributed by atoms with Crippen molar-refractivity contribution in [1.29, 1.82) is 0 Å². The van der Waals surface area contributed by atoms with Crippen molar-refractivity contribution in [2.45, 2.75) is 144 Å². The third kappa shape index (κ3) is 10.1.